The molecule has 4 fully saturated rings. The van der Waals surface area contributed by atoms with E-state index in [1.165, 1.54) is 52.1 Å². The first-order chi connectivity index (χ1) is 10.0. The van der Waals surface area contributed by atoms with Gasteiger partial charge in [-0.15, -0.1) is 0 Å². The van der Waals surface area contributed by atoms with E-state index in [9.17, 15) is 4.79 Å². The molecule has 3 nitrogen and oxygen atoms in total. The lowest BCUT2D eigenvalue weighted by molar-refractivity contribution is -0.144. The Balaban J connectivity index is 1.54. The molecule has 4 bridgehead atoms. The van der Waals surface area contributed by atoms with Crippen LogP contribution in [0.3, 0.4) is 0 Å². The van der Waals surface area contributed by atoms with E-state index in [0.717, 1.165) is 24.3 Å². The van der Waals surface area contributed by atoms with Crippen molar-refractivity contribution in [1.82, 2.24) is 5.32 Å². The zero-order chi connectivity index (χ0) is 15.0. The third-order valence-electron chi connectivity index (χ3n) is 6.31. The molecule has 4 aliphatic rings. The van der Waals surface area contributed by atoms with E-state index in [1.54, 1.807) is 0 Å². The Bertz CT molecular complexity index is 355. The van der Waals surface area contributed by atoms with Crippen LogP contribution >= 0.6 is 0 Å². The Hall–Kier alpha value is -0.570. The van der Waals surface area contributed by atoms with E-state index in [2.05, 4.69) is 19.2 Å². The zero-order valence-corrected chi connectivity index (χ0v) is 13.9. The second kappa shape index (κ2) is 5.91. The topological polar surface area (TPSA) is 38.3 Å². The number of nitrogens with one attached hydrogen (secondary N) is 1. The first-order valence-electron chi connectivity index (χ1n) is 8.82. The van der Waals surface area contributed by atoms with Crippen LogP contribution in [0, 0.1) is 29.1 Å². The fraction of sp³-hybridized carbons (Fsp3) is 0.944. The van der Waals surface area contributed by atoms with Crippen molar-refractivity contribution in [2.45, 2.75) is 64.8 Å². The number of esters is 1. The van der Waals surface area contributed by atoms with Gasteiger partial charge in [-0.1, -0.05) is 13.8 Å². The lowest BCUT2D eigenvalue weighted by Crippen LogP contribution is -2.48. The molecule has 0 radical (unpaired) electrons. The van der Waals surface area contributed by atoms with E-state index >= 15 is 0 Å². The molecule has 0 aromatic carbocycles. The summed E-state index contributed by atoms with van der Waals surface area (Å²) in [7, 11) is 1.48. The Labute approximate surface area is 129 Å². The smallest absolute Gasteiger partial charge is 0.323 e. The first kappa shape index (κ1) is 15.3. The van der Waals surface area contributed by atoms with Crippen LogP contribution in [0.15, 0.2) is 0 Å². The molecule has 4 aliphatic carbocycles. The normalized spacial score (nSPS) is 38.8. The molecule has 0 spiro atoms. The highest BCUT2D eigenvalue weighted by atomic mass is 16.5. The van der Waals surface area contributed by atoms with Crippen molar-refractivity contribution in [1.29, 1.82) is 0 Å². The summed E-state index contributed by atoms with van der Waals surface area (Å²) in [4.78, 5) is 11.8. The zero-order valence-electron chi connectivity index (χ0n) is 13.9. The van der Waals surface area contributed by atoms with E-state index in [-0.39, 0.29) is 17.9 Å². The maximum atomic E-state index is 11.8. The highest BCUT2D eigenvalue weighted by molar-refractivity contribution is 5.75. The van der Waals surface area contributed by atoms with Crippen molar-refractivity contribution < 1.29 is 9.53 Å². The van der Waals surface area contributed by atoms with Gasteiger partial charge in [0.25, 0.3) is 0 Å². The summed E-state index contributed by atoms with van der Waals surface area (Å²) in [5.41, 5.74) is 0.597. The molecule has 3 heteroatoms. The number of carbonyl (C=O) groups excluding carboxylic acids is 1. The van der Waals surface area contributed by atoms with Crippen molar-refractivity contribution in [3.05, 3.63) is 0 Å². The van der Waals surface area contributed by atoms with Gasteiger partial charge in [0.2, 0.25) is 0 Å². The number of hydrogen-bond acceptors (Lipinski definition) is 3. The molecule has 1 atom stereocenters. The summed E-state index contributed by atoms with van der Waals surface area (Å²) in [5.74, 6) is 3.21. The Morgan fingerprint density at radius 2 is 1.67 bits per heavy atom. The molecule has 1 N–H and O–H groups in total. The van der Waals surface area contributed by atoms with Crippen LogP contribution in [-0.2, 0) is 9.53 Å². The Morgan fingerprint density at radius 1 is 1.14 bits per heavy atom. The first-order valence-corrected chi connectivity index (χ1v) is 8.82. The average molecular weight is 293 g/mol. The van der Waals surface area contributed by atoms with Gasteiger partial charge in [0.1, 0.15) is 6.04 Å². The fourth-order valence-corrected chi connectivity index (χ4v) is 5.81. The number of hydrogen-bond donors (Lipinski definition) is 1. The largest absolute Gasteiger partial charge is 0.468 e. The van der Waals surface area contributed by atoms with Gasteiger partial charge in [-0.05, 0) is 80.6 Å². The highest BCUT2D eigenvalue weighted by Gasteiger charge is 2.50. The molecule has 4 saturated carbocycles. The van der Waals surface area contributed by atoms with Crippen molar-refractivity contribution in [2.24, 2.45) is 29.1 Å². The van der Waals surface area contributed by atoms with E-state index in [1.807, 2.05) is 0 Å². The molecule has 0 heterocycles. The van der Waals surface area contributed by atoms with Crippen LogP contribution in [0.2, 0.25) is 0 Å². The van der Waals surface area contributed by atoms with Crippen molar-refractivity contribution in [3.8, 4) is 0 Å². The summed E-state index contributed by atoms with van der Waals surface area (Å²) >= 11 is 0. The van der Waals surface area contributed by atoms with E-state index < -0.39 is 0 Å². The molecule has 0 aromatic rings. The molecule has 0 saturated heterocycles. The van der Waals surface area contributed by atoms with Gasteiger partial charge < -0.3 is 10.1 Å². The molecular weight excluding hydrogens is 262 g/mol. The molecule has 21 heavy (non-hydrogen) atoms. The minimum Gasteiger partial charge on any atom is -0.468 e. The van der Waals surface area contributed by atoms with Crippen LogP contribution in [0.5, 0.6) is 0 Å². The van der Waals surface area contributed by atoms with Crippen LogP contribution in [-0.4, -0.2) is 25.7 Å². The third kappa shape index (κ3) is 3.13. The van der Waals surface area contributed by atoms with Crippen molar-refractivity contribution in [3.63, 3.8) is 0 Å². The summed E-state index contributed by atoms with van der Waals surface area (Å²) in [6.07, 6.45) is 10.1. The molecule has 120 valence electrons. The maximum absolute atomic E-state index is 11.8. The number of methoxy groups -OCH3 is 1. The van der Waals surface area contributed by atoms with E-state index in [4.69, 9.17) is 4.74 Å². The van der Waals surface area contributed by atoms with Crippen molar-refractivity contribution >= 4 is 5.97 Å². The quantitative estimate of drug-likeness (QED) is 0.763. The fourth-order valence-electron chi connectivity index (χ4n) is 5.81. The van der Waals surface area contributed by atoms with Crippen molar-refractivity contribution in [2.75, 3.05) is 13.7 Å². The van der Waals surface area contributed by atoms with Gasteiger partial charge in [-0.2, -0.15) is 0 Å². The Kier molecular flexibility index (Phi) is 4.31. The van der Waals surface area contributed by atoms with E-state index in [0.29, 0.717) is 5.41 Å². The molecule has 0 aliphatic heterocycles. The van der Waals surface area contributed by atoms with Gasteiger partial charge >= 0.3 is 5.97 Å². The Morgan fingerprint density at radius 3 is 2.10 bits per heavy atom. The van der Waals surface area contributed by atoms with Crippen LogP contribution in [0.4, 0.5) is 0 Å². The predicted molar refractivity (Wildman–Crippen MR) is 83.9 cm³/mol. The van der Waals surface area contributed by atoms with Gasteiger partial charge in [0, 0.05) is 0 Å². The molecule has 4 rings (SSSR count). The average Bonchev–Trinajstić information content (AvgIpc) is 2.41. The third-order valence-corrected chi connectivity index (χ3v) is 6.31. The van der Waals surface area contributed by atoms with Crippen LogP contribution in [0.25, 0.3) is 0 Å². The molecule has 1 unspecified atom stereocenters. The monoisotopic (exact) mass is 293 g/mol. The lowest BCUT2D eigenvalue weighted by atomic mass is 9.49. The summed E-state index contributed by atoms with van der Waals surface area (Å²) in [5, 5.41) is 3.47. The van der Waals surface area contributed by atoms with Gasteiger partial charge in [-0.3, -0.25) is 4.79 Å². The second-order valence-corrected chi connectivity index (χ2v) is 8.37. The van der Waals surface area contributed by atoms with Crippen LogP contribution < -0.4 is 5.32 Å². The molecular formula is C18H31NO2. The van der Waals surface area contributed by atoms with Crippen LogP contribution in [0.1, 0.15) is 58.8 Å². The molecule has 0 amide bonds. The van der Waals surface area contributed by atoms with Gasteiger partial charge in [0.05, 0.1) is 7.11 Å². The number of ether oxygens (including phenoxy) is 1. The summed E-state index contributed by atoms with van der Waals surface area (Å²) < 4.78 is 4.92. The SMILES string of the molecule is COC(=O)C(NCCC12CC3CC(CC(C3)C1)C2)C(C)C. The number of carbonyl (C=O) groups is 1. The second-order valence-electron chi connectivity index (χ2n) is 8.37. The standard InChI is InChI=1S/C18H31NO2/c1-12(2)16(17(20)21-3)19-5-4-18-9-13-6-14(10-18)8-15(7-13)11-18/h12-16,19H,4-11H2,1-3H3. The maximum Gasteiger partial charge on any atom is 0.323 e. The predicted octanol–water partition coefficient (Wildman–Crippen LogP) is 3.38. The van der Waals surface area contributed by atoms with Gasteiger partial charge in [-0.25, -0.2) is 0 Å². The summed E-state index contributed by atoms with van der Waals surface area (Å²) in [6.45, 7) is 5.13. The minimum absolute atomic E-state index is 0.115. The number of rotatable bonds is 6. The lowest BCUT2D eigenvalue weighted by Gasteiger charge is -2.57. The highest BCUT2D eigenvalue weighted by Crippen LogP contribution is 2.61. The van der Waals surface area contributed by atoms with Gasteiger partial charge in [0.15, 0.2) is 0 Å². The molecule has 0 aromatic heterocycles. The summed E-state index contributed by atoms with van der Waals surface area (Å²) in [6, 6.07) is -0.149. The minimum atomic E-state index is -0.149.